The molecule has 5 nitrogen and oxygen atoms in total. The maximum absolute atomic E-state index is 10.9. The maximum atomic E-state index is 10.9. The summed E-state index contributed by atoms with van der Waals surface area (Å²) in [5.41, 5.74) is 0.689. The normalized spacial score (nSPS) is 9.71. The van der Waals surface area contributed by atoms with Gasteiger partial charge in [0, 0.05) is 18.6 Å². The second-order valence-corrected chi connectivity index (χ2v) is 3.45. The van der Waals surface area contributed by atoms with Crippen LogP contribution in [0.15, 0.2) is 24.8 Å². The van der Waals surface area contributed by atoms with Crippen molar-refractivity contribution in [2.45, 2.75) is 13.3 Å². The van der Waals surface area contributed by atoms with Crippen LogP contribution in [-0.2, 0) is 9.59 Å². The maximum Gasteiger partial charge on any atom is 0.308 e. The first kappa shape index (κ1) is 12.8. The summed E-state index contributed by atoms with van der Waals surface area (Å²) in [6.07, 6.45) is -0.265. The fraction of sp³-hybridized carbons (Fsp3) is 0.167. The number of aliphatic carboxylic acids is 1. The molecule has 0 spiro atoms. The van der Waals surface area contributed by atoms with Gasteiger partial charge in [-0.05, 0) is 17.7 Å². The van der Waals surface area contributed by atoms with E-state index in [9.17, 15) is 14.7 Å². The number of ether oxygens (including phenoxy) is 1. The van der Waals surface area contributed by atoms with Gasteiger partial charge in [-0.1, -0.05) is 6.58 Å². The molecule has 0 saturated carbocycles. The van der Waals surface area contributed by atoms with Gasteiger partial charge in [0.05, 0.1) is 6.42 Å². The average Bonchev–Trinajstić information content (AvgIpc) is 2.15. The fourth-order valence-electron chi connectivity index (χ4n) is 1.32. The van der Waals surface area contributed by atoms with E-state index >= 15 is 0 Å². The molecule has 1 aromatic carbocycles. The second kappa shape index (κ2) is 5.16. The lowest BCUT2D eigenvalue weighted by molar-refractivity contribution is -0.135. The lowest BCUT2D eigenvalue weighted by Gasteiger charge is -2.10. The SMILES string of the molecule is C=C(CC(=O)O)c1ccc(O)cc1OC(C)=O. The highest BCUT2D eigenvalue weighted by Crippen LogP contribution is 2.30. The topological polar surface area (TPSA) is 83.8 Å². The van der Waals surface area contributed by atoms with Crippen molar-refractivity contribution in [3.8, 4) is 11.5 Å². The lowest BCUT2D eigenvalue weighted by Crippen LogP contribution is -2.04. The van der Waals surface area contributed by atoms with Crippen LogP contribution < -0.4 is 4.74 Å². The Bertz CT molecular complexity index is 476. The van der Waals surface area contributed by atoms with Crippen molar-refractivity contribution in [3.63, 3.8) is 0 Å². The Balaban J connectivity index is 3.09. The van der Waals surface area contributed by atoms with Gasteiger partial charge < -0.3 is 14.9 Å². The van der Waals surface area contributed by atoms with Crippen LogP contribution in [0, 0.1) is 0 Å². The molecular formula is C12H12O5. The molecule has 0 radical (unpaired) electrons. The molecule has 0 atom stereocenters. The molecule has 17 heavy (non-hydrogen) atoms. The molecule has 0 aromatic heterocycles. The molecule has 1 rings (SSSR count). The molecule has 2 N–H and O–H groups in total. The standard InChI is InChI=1S/C12H12O5/c1-7(5-12(15)16)10-4-3-9(14)6-11(10)17-8(2)13/h3-4,6,14H,1,5H2,2H3,(H,15,16). The number of phenols is 1. The minimum Gasteiger partial charge on any atom is -0.508 e. The van der Waals surface area contributed by atoms with E-state index in [2.05, 4.69) is 6.58 Å². The van der Waals surface area contributed by atoms with Crippen molar-refractivity contribution in [2.75, 3.05) is 0 Å². The van der Waals surface area contributed by atoms with Gasteiger partial charge in [0.15, 0.2) is 0 Å². The van der Waals surface area contributed by atoms with Crippen LogP contribution in [0.3, 0.4) is 0 Å². The van der Waals surface area contributed by atoms with E-state index < -0.39 is 11.9 Å². The molecule has 1 aromatic rings. The lowest BCUT2D eigenvalue weighted by atomic mass is 10.0. The molecule has 0 aliphatic rings. The molecule has 0 fully saturated rings. The first-order chi connectivity index (χ1) is 7.90. The fourth-order valence-corrected chi connectivity index (χ4v) is 1.32. The third-order valence-electron chi connectivity index (χ3n) is 1.96. The van der Waals surface area contributed by atoms with Crippen LogP contribution in [-0.4, -0.2) is 22.2 Å². The van der Waals surface area contributed by atoms with Crippen LogP contribution in [0.4, 0.5) is 0 Å². The van der Waals surface area contributed by atoms with Gasteiger partial charge in [-0.2, -0.15) is 0 Å². The molecule has 0 unspecified atom stereocenters. The Hall–Kier alpha value is -2.30. The quantitative estimate of drug-likeness (QED) is 0.615. The van der Waals surface area contributed by atoms with Crippen molar-refractivity contribution < 1.29 is 24.5 Å². The Kier molecular flexibility index (Phi) is 3.87. The van der Waals surface area contributed by atoms with Crippen molar-refractivity contribution in [3.05, 3.63) is 30.3 Å². The molecule has 0 amide bonds. The number of hydrogen-bond donors (Lipinski definition) is 2. The summed E-state index contributed by atoms with van der Waals surface area (Å²) in [6, 6.07) is 4.07. The Morgan fingerprint density at radius 1 is 1.41 bits per heavy atom. The summed E-state index contributed by atoms with van der Waals surface area (Å²) in [6.45, 7) is 4.82. The average molecular weight is 236 g/mol. The third-order valence-corrected chi connectivity index (χ3v) is 1.96. The summed E-state index contributed by atoms with van der Waals surface area (Å²) in [5, 5.41) is 17.9. The summed E-state index contributed by atoms with van der Waals surface area (Å²) in [4.78, 5) is 21.4. The van der Waals surface area contributed by atoms with E-state index in [1.54, 1.807) is 0 Å². The van der Waals surface area contributed by atoms with Gasteiger partial charge in [0.25, 0.3) is 0 Å². The predicted molar refractivity (Wildman–Crippen MR) is 60.7 cm³/mol. The second-order valence-electron chi connectivity index (χ2n) is 3.45. The number of hydrogen-bond acceptors (Lipinski definition) is 4. The summed E-state index contributed by atoms with van der Waals surface area (Å²) >= 11 is 0. The predicted octanol–water partition coefficient (Wildman–Crippen LogP) is 1.81. The van der Waals surface area contributed by atoms with Crippen molar-refractivity contribution >= 4 is 17.5 Å². The number of carbonyl (C=O) groups is 2. The van der Waals surface area contributed by atoms with Crippen LogP contribution in [0.5, 0.6) is 11.5 Å². The van der Waals surface area contributed by atoms with E-state index in [1.165, 1.54) is 25.1 Å². The summed E-state index contributed by atoms with van der Waals surface area (Å²) < 4.78 is 4.88. The number of carboxylic acid groups (broad SMARTS) is 1. The Morgan fingerprint density at radius 2 is 2.06 bits per heavy atom. The first-order valence-corrected chi connectivity index (χ1v) is 4.81. The van der Waals surface area contributed by atoms with Crippen molar-refractivity contribution in [1.29, 1.82) is 0 Å². The van der Waals surface area contributed by atoms with Crippen LogP contribution in [0.2, 0.25) is 0 Å². The van der Waals surface area contributed by atoms with Gasteiger partial charge in [-0.3, -0.25) is 9.59 Å². The molecule has 5 heteroatoms. The molecule has 0 heterocycles. The highest BCUT2D eigenvalue weighted by Gasteiger charge is 2.12. The number of rotatable bonds is 4. The van der Waals surface area contributed by atoms with Gasteiger partial charge in [-0.15, -0.1) is 0 Å². The van der Waals surface area contributed by atoms with E-state index in [0.717, 1.165) is 0 Å². The number of esters is 1. The van der Waals surface area contributed by atoms with Gasteiger partial charge >= 0.3 is 11.9 Å². The number of carboxylic acids is 1. The number of benzene rings is 1. The largest absolute Gasteiger partial charge is 0.508 e. The molecule has 0 aliphatic carbocycles. The number of carbonyl (C=O) groups excluding carboxylic acids is 1. The van der Waals surface area contributed by atoms with Gasteiger partial charge in [0.2, 0.25) is 0 Å². The minimum absolute atomic E-state index is 0.0758. The zero-order chi connectivity index (χ0) is 13.0. The van der Waals surface area contributed by atoms with Crippen LogP contribution in [0.25, 0.3) is 5.57 Å². The Morgan fingerprint density at radius 3 is 2.59 bits per heavy atom. The number of phenolic OH excluding ortho intramolecular Hbond substituents is 1. The van der Waals surface area contributed by atoms with Gasteiger partial charge in [-0.25, -0.2) is 0 Å². The van der Waals surface area contributed by atoms with E-state index in [0.29, 0.717) is 11.1 Å². The van der Waals surface area contributed by atoms with E-state index in [-0.39, 0.29) is 17.9 Å². The summed E-state index contributed by atoms with van der Waals surface area (Å²) in [5.74, 6) is -1.56. The van der Waals surface area contributed by atoms with Crippen molar-refractivity contribution in [1.82, 2.24) is 0 Å². The smallest absolute Gasteiger partial charge is 0.308 e. The van der Waals surface area contributed by atoms with Crippen LogP contribution in [0.1, 0.15) is 18.9 Å². The molecule has 0 saturated heterocycles. The zero-order valence-electron chi connectivity index (χ0n) is 9.27. The molecule has 0 aliphatic heterocycles. The third kappa shape index (κ3) is 3.64. The molecule has 0 bridgehead atoms. The highest BCUT2D eigenvalue weighted by atomic mass is 16.5. The first-order valence-electron chi connectivity index (χ1n) is 4.81. The van der Waals surface area contributed by atoms with Crippen LogP contribution >= 0.6 is 0 Å². The monoisotopic (exact) mass is 236 g/mol. The molecular weight excluding hydrogens is 224 g/mol. The summed E-state index contributed by atoms with van der Waals surface area (Å²) in [7, 11) is 0. The van der Waals surface area contributed by atoms with Gasteiger partial charge in [0.1, 0.15) is 11.5 Å². The van der Waals surface area contributed by atoms with Crippen molar-refractivity contribution in [2.24, 2.45) is 0 Å². The zero-order valence-corrected chi connectivity index (χ0v) is 9.27. The van der Waals surface area contributed by atoms with E-state index in [1.807, 2.05) is 0 Å². The van der Waals surface area contributed by atoms with E-state index in [4.69, 9.17) is 9.84 Å². The highest BCUT2D eigenvalue weighted by molar-refractivity contribution is 5.85. The minimum atomic E-state index is -1.03. The Labute approximate surface area is 98.0 Å². The molecule has 90 valence electrons. The number of aromatic hydroxyl groups is 1.